The predicted octanol–water partition coefficient (Wildman–Crippen LogP) is 8.25. The lowest BCUT2D eigenvalue weighted by Crippen LogP contribution is -2.53. The highest BCUT2D eigenvalue weighted by Gasteiger charge is 2.59. The molecule has 0 aromatic heterocycles. The van der Waals surface area contributed by atoms with E-state index >= 15 is 0 Å². The number of allylic oxidation sites excluding steroid dienone is 1. The molecule has 1 aliphatic carbocycles. The van der Waals surface area contributed by atoms with Gasteiger partial charge in [0.1, 0.15) is 5.41 Å². The Hall–Kier alpha value is -1.32. The number of hydrogen-bond acceptors (Lipinski definition) is 2. The van der Waals surface area contributed by atoms with Crippen molar-refractivity contribution in [2.24, 2.45) is 22.7 Å². The molecule has 186 valence electrons. The van der Waals surface area contributed by atoms with Gasteiger partial charge in [0.2, 0.25) is 0 Å². The molecule has 0 aliphatic heterocycles. The van der Waals surface area contributed by atoms with Crippen LogP contribution in [0.2, 0.25) is 0 Å². The molecule has 2 atom stereocenters. The van der Waals surface area contributed by atoms with E-state index in [4.69, 9.17) is 0 Å². The van der Waals surface area contributed by atoms with Gasteiger partial charge in [-0.2, -0.15) is 0 Å². The minimum atomic E-state index is -1.27. The van der Waals surface area contributed by atoms with E-state index in [1.54, 1.807) is 6.08 Å². The van der Waals surface area contributed by atoms with Crippen LogP contribution in [0.5, 0.6) is 0 Å². The lowest BCUT2D eigenvalue weighted by atomic mass is 9.54. The highest BCUT2D eigenvalue weighted by Crippen LogP contribution is 2.54. The molecule has 0 aromatic carbocycles. The Labute approximate surface area is 197 Å². The van der Waals surface area contributed by atoms with E-state index in [0.717, 1.165) is 50.4 Å². The fraction of sp³-hybridized carbons (Fsp3) is 0.857. The molecule has 2 N–H and O–H groups in total. The first-order valence-corrected chi connectivity index (χ1v) is 13.3. The van der Waals surface area contributed by atoms with Crippen LogP contribution in [0.4, 0.5) is 0 Å². The van der Waals surface area contributed by atoms with Crippen LogP contribution in [0, 0.1) is 22.7 Å². The highest BCUT2D eigenvalue weighted by molar-refractivity contribution is 5.88. The highest BCUT2D eigenvalue weighted by atomic mass is 16.4. The van der Waals surface area contributed by atoms with Gasteiger partial charge in [-0.15, -0.1) is 0 Å². The molecule has 4 heteroatoms. The van der Waals surface area contributed by atoms with Crippen molar-refractivity contribution in [2.75, 3.05) is 0 Å². The number of carboxylic acids is 2. The maximum Gasteiger partial charge on any atom is 0.314 e. The fourth-order valence-corrected chi connectivity index (χ4v) is 5.45. The normalized spacial score (nSPS) is 23.2. The van der Waals surface area contributed by atoms with Gasteiger partial charge in [0.15, 0.2) is 0 Å². The molecule has 0 fully saturated rings. The van der Waals surface area contributed by atoms with Crippen molar-refractivity contribution >= 4 is 11.9 Å². The topological polar surface area (TPSA) is 74.6 Å². The Balaban J connectivity index is 2.71. The van der Waals surface area contributed by atoms with Crippen molar-refractivity contribution in [3.05, 3.63) is 12.2 Å². The van der Waals surface area contributed by atoms with Crippen molar-refractivity contribution < 1.29 is 19.8 Å². The van der Waals surface area contributed by atoms with Crippen LogP contribution in [0.1, 0.15) is 130 Å². The molecule has 0 saturated heterocycles. The lowest BCUT2D eigenvalue weighted by molar-refractivity contribution is -0.173. The average Bonchev–Trinajstić information content (AvgIpc) is 2.72. The monoisotopic (exact) mass is 450 g/mol. The van der Waals surface area contributed by atoms with Gasteiger partial charge in [-0.3, -0.25) is 9.59 Å². The van der Waals surface area contributed by atoms with E-state index in [-0.39, 0.29) is 0 Å². The van der Waals surface area contributed by atoms with Gasteiger partial charge in [0, 0.05) is 0 Å². The summed E-state index contributed by atoms with van der Waals surface area (Å²) in [4.78, 5) is 25.1. The summed E-state index contributed by atoms with van der Waals surface area (Å²) in [6, 6.07) is 0. The predicted molar refractivity (Wildman–Crippen MR) is 133 cm³/mol. The number of carbonyl (C=O) groups is 2. The van der Waals surface area contributed by atoms with Gasteiger partial charge in [-0.1, -0.05) is 117 Å². The second-order valence-corrected chi connectivity index (χ2v) is 11.0. The van der Waals surface area contributed by atoms with Gasteiger partial charge in [-0.25, -0.2) is 0 Å². The Bertz CT molecular complexity index is 580. The van der Waals surface area contributed by atoms with Gasteiger partial charge in [0.25, 0.3) is 0 Å². The summed E-state index contributed by atoms with van der Waals surface area (Å²) in [5.41, 5.74) is -2.45. The molecule has 0 bridgehead atoms. The third kappa shape index (κ3) is 8.56. The summed E-state index contributed by atoms with van der Waals surface area (Å²) >= 11 is 0. The number of unbranched alkanes of at least 4 members (excludes halogenated alkanes) is 8. The number of rotatable bonds is 18. The van der Waals surface area contributed by atoms with E-state index in [0.29, 0.717) is 25.7 Å². The van der Waals surface area contributed by atoms with Crippen LogP contribution in [0.3, 0.4) is 0 Å². The molecule has 0 heterocycles. The largest absolute Gasteiger partial charge is 0.481 e. The van der Waals surface area contributed by atoms with Crippen molar-refractivity contribution in [2.45, 2.75) is 130 Å². The van der Waals surface area contributed by atoms with Crippen molar-refractivity contribution in [3.8, 4) is 0 Å². The third-order valence-electron chi connectivity index (χ3n) is 7.52. The van der Waals surface area contributed by atoms with Crippen molar-refractivity contribution in [3.63, 3.8) is 0 Å². The first-order valence-electron chi connectivity index (χ1n) is 13.3. The van der Waals surface area contributed by atoms with Gasteiger partial charge < -0.3 is 10.2 Å². The van der Waals surface area contributed by atoms with Crippen LogP contribution < -0.4 is 0 Å². The van der Waals surface area contributed by atoms with Crippen LogP contribution >= 0.6 is 0 Å². The molecule has 4 nitrogen and oxygen atoms in total. The maximum atomic E-state index is 12.6. The minimum Gasteiger partial charge on any atom is -0.481 e. The molecule has 1 rings (SSSR count). The van der Waals surface area contributed by atoms with E-state index in [2.05, 4.69) is 27.7 Å². The van der Waals surface area contributed by atoms with Crippen LogP contribution in [-0.4, -0.2) is 22.2 Å². The summed E-state index contributed by atoms with van der Waals surface area (Å²) in [6.07, 6.45) is 18.7. The quantitative estimate of drug-likeness (QED) is 0.163. The van der Waals surface area contributed by atoms with E-state index in [1.807, 2.05) is 6.08 Å². The average molecular weight is 451 g/mol. The second kappa shape index (κ2) is 14.8. The zero-order valence-electron chi connectivity index (χ0n) is 21.3. The van der Waals surface area contributed by atoms with E-state index in [9.17, 15) is 19.8 Å². The van der Waals surface area contributed by atoms with Crippen molar-refractivity contribution in [1.29, 1.82) is 0 Å². The lowest BCUT2D eigenvalue weighted by Gasteiger charge is -2.46. The molecule has 2 unspecified atom stereocenters. The molecular formula is C28H50O4. The summed E-state index contributed by atoms with van der Waals surface area (Å²) in [6.45, 7) is 8.96. The molecule has 32 heavy (non-hydrogen) atoms. The summed E-state index contributed by atoms with van der Waals surface area (Å²) in [7, 11) is 0. The molecule has 0 spiro atoms. The van der Waals surface area contributed by atoms with Crippen LogP contribution in [0.25, 0.3) is 0 Å². The summed E-state index contributed by atoms with van der Waals surface area (Å²) in [5.74, 6) is -0.414. The van der Waals surface area contributed by atoms with Gasteiger partial charge in [0.05, 0.1) is 5.41 Å². The first-order chi connectivity index (χ1) is 15.2. The smallest absolute Gasteiger partial charge is 0.314 e. The molecular weight excluding hydrogens is 400 g/mol. The molecule has 1 aliphatic rings. The standard InChI is InChI=1S/C28H50O4/c1-23(2)17-11-7-5-9-13-19-27(25(29)30)21-15-16-22-28(27,26(31)32)20-14-10-6-8-12-18-24(3)4/h15,21,23-24H,5-14,16-20,22H2,1-4H3,(H,29,30)(H,31,32). The Morgan fingerprint density at radius 2 is 1.19 bits per heavy atom. The molecule has 0 amide bonds. The minimum absolute atomic E-state index is 0.434. The zero-order valence-corrected chi connectivity index (χ0v) is 21.3. The van der Waals surface area contributed by atoms with Gasteiger partial charge >= 0.3 is 11.9 Å². The molecule has 0 radical (unpaired) electrons. The second-order valence-electron chi connectivity index (χ2n) is 11.0. The number of aliphatic carboxylic acids is 2. The Kier molecular flexibility index (Phi) is 13.2. The van der Waals surface area contributed by atoms with Crippen LogP contribution in [-0.2, 0) is 9.59 Å². The van der Waals surface area contributed by atoms with Gasteiger partial charge in [-0.05, 0) is 37.5 Å². The SMILES string of the molecule is CC(C)CCCCCCCC1(C(=O)O)C=CCCC1(CCCCCCCC(C)C)C(=O)O. The summed E-state index contributed by atoms with van der Waals surface area (Å²) < 4.78 is 0. The first kappa shape index (κ1) is 28.7. The Morgan fingerprint density at radius 1 is 0.719 bits per heavy atom. The fourth-order valence-electron chi connectivity index (χ4n) is 5.45. The van der Waals surface area contributed by atoms with E-state index < -0.39 is 22.8 Å². The zero-order chi connectivity index (χ0) is 24.0. The van der Waals surface area contributed by atoms with Crippen molar-refractivity contribution in [1.82, 2.24) is 0 Å². The third-order valence-corrected chi connectivity index (χ3v) is 7.52. The summed E-state index contributed by atoms with van der Waals surface area (Å²) in [5, 5.41) is 20.6. The number of hydrogen-bond donors (Lipinski definition) is 2. The Morgan fingerprint density at radius 3 is 1.66 bits per heavy atom. The van der Waals surface area contributed by atoms with E-state index in [1.165, 1.54) is 38.5 Å². The maximum absolute atomic E-state index is 12.6. The molecule has 0 saturated carbocycles. The number of carboxylic acid groups (broad SMARTS) is 2. The molecule has 0 aromatic rings. The van der Waals surface area contributed by atoms with Crippen LogP contribution in [0.15, 0.2) is 12.2 Å².